The summed E-state index contributed by atoms with van der Waals surface area (Å²) >= 11 is 12.1. The molecule has 0 bridgehead atoms. The predicted molar refractivity (Wildman–Crippen MR) is 128 cm³/mol. The third-order valence-electron chi connectivity index (χ3n) is 5.15. The van der Waals surface area contributed by atoms with Gasteiger partial charge in [0.1, 0.15) is 16.7 Å². The molecule has 0 saturated carbocycles. The summed E-state index contributed by atoms with van der Waals surface area (Å²) in [5.41, 5.74) is 0.790. The van der Waals surface area contributed by atoms with Gasteiger partial charge in [0.25, 0.3) is 5.91 Å². The molecule has 170 valence electrons. The topological polar surface area (TPSA) is 83.9 Å². The molecule has 0 spiro atoms. The first kappa shape index (κ1) is 23.2. The van der Waals surface area contributed by atoms with Gasteiger partial charge < -0.3 is 9.84 Å². The van der Waals surface area contributed by atoms with E-state index in [2.05, 4.69) is 0 Å². The Hall–Kier alpha value is -3.00. The van der Waals surface area contributed by atoms with E-state index in [1.54, 1.807) is 42.5 Å². The fourth-order valence-corrected chi connectivity index (χ4v) is 5.67. The van der Waals surface area contributed by atoms with E-state index in [4.69, 9.17) is 27.9 Å². The maximum atomic E-state index is 13.6. The molecule has 1 N–H and O–H groups in total. The average Bonchev–Trinajstić information content (AvgIpc) is 3.06. The van der Waals surface area contributed by atoms with E-state index in [0.717, 1.165) is 0 Å². The second-order valence-corrected chi connectivity index (χ2v) is 10.0. The molecule has 0 aliphatic carbocycles. The van der Waals surface area contributed by atoms with Crippen LogP contribution in [-0.4, -0.2) is 26.0 Å². The number of aliphatic hydroxyl groups is 1. The number of ether oxygens (including phenoxy) is 1. The Morgan fingerprint density at radius 3 is 2.33 bits per heavy atom. The van der Waals surface area contributed by atoms with E-state index >= 15 is 0 Å². The molecule has 0 fully saturated rings. The summed E-state index contributed by atoms with van der Waals surface area (Å²) in [4.78, 5) is 13.9. The first-order valence-corrected chi connectivity index (χ1v) is 12.2. The fourth-order valence-electron chi connectivity index (χ4n) is 3.73. The average molecular weight is 504 g/mol. The molecule has 1 aliphatic rings. The lowest BCUT2D eigenvalue weighted by atomic mass is 10.1. The van der Waals surface area contributed by atoms with E-state index in [1.807, 2.05) is 6.92 Å². The van der Waals surface area contributed by atoms with Crippen molar-refractivity contribution >= 4 is 44.6 Å². The summed E-state index contributed by atoms with van der Waals surface area (Å²) in [6.07, 6.45) is 0. The molecule has 6 nitrogen and oxygen atoms in total. The van der Waals surface area contributed by atoms with Crippen LogP contribution in [0, 0.1) is 0 Å². The highest BCUT2D eigenvalue weighted by atomic mass is 35.5. The van der Waals surface area contributed by atoms with Crippen molar-refractivity contribution in [2.24, 2.45) is 0 Å². The van der Waals surface area contributed by atoms with Gasteiger partial charge in [-0.2, -0.15) is 0 Å². The van der Waals surface area contributed by atoms with Crippen LogP contribution >= 0.6 is 23.2 Å². The molecule has 4 rings (SSSR count). The lowest BCUT2D eigenvalue weighted by Gasteiger charge is -2.27. The number of carbonyl (C=O) groups is 1. The molecule has 3 aromatic carbocycles. The van der Waals surface area contributed by atoms with Crippen LogP contribution in [0.1, 0.15) is 18.5 Å². The number of amides is 1. The lowest BCUT2D eigenvalue weighted by Crippen LogP contribution is -2.31. The van der Waals surface area contributed by atoms with E-state index in [0.29, 0.717) is 33.7 Å². The largest absolute Gasteiger partial charge is 0.502 e. The molecular weight excluding hydrogens is 485 g/mol. The second kappa shape index (κ2) is 9.09. The standard InChI is InChI=1S/C24H19Cl2NO5S/c1-2-32-19-8-3-5-15(13-19)21-23(33(30,31)20-11-9-16(25)10-12-20)22(28)24(29)27(21)18-7-4-6-17(26)14-18/h3-14,21,28H,2H2,1H3/t21-/m1/s1. The molecule has 1 aliphatic heterocycles. The number of halogens is 2. The Labute approximate surface area is 201 Å². The number of rotatable bonds is 6. The molecular formula is C24H19Cl2NO5S. The number of hydrogen-bond acceptors (Lipinski definition) is 5. The number of carbonyl (C=O) groups excluding carboxylic acids is 1. The van der Waals surface area contributed by atoms with Gasteiger partial charge in [0.05, 0.1) is 11.5 Å². The summed E-state index contributed by atoms with van der Waals surface area (Å²) in [7, 11) is -4.28. The number of benzene rings is 3. The summed E-state index contributed by atoms with van der Waals surface area (Å²) in [5, 5.41) is 11.5. The lowest BCUT2D eigenvalue weighted by molar-refractivity contribution is -0.117. The second-order valence-electron chi connectivity index (χ2n) is 7.23. The zero-order valence-corrected chi connectivity index (χ0v) is 19.7. The Morgan fingerprint density at radius 1 is 0.970 bits per heavy atom. The van der Waals surface area contributed by atoms with Crippen molar-refractivity contribution in [3.63, 3.8) is 0 Å². The normalized spacial score (nSPS) is 16.4. The minimum atomic E-state index is -4.28. The minimum Gasteiger partial charge on any atom is -0.502 e. The van der Waals surface area contributed by atoms with Crippen LogP contribution in [0.3, 0.4) is 0 Å². The maximum absolute atomic E-state index is 13.6. The van der Waals surface area contributed by atoms with Crippen LogP contribution in [0.25, 0.3) is 0 Å². The maximum Gasteiger partial charge on any atom is 0.295 e. The van der Waals surface area contributed by atoms with Crippen molar-refractivity contribution < 1.29 is 23.1 Å². The minimum absolute atomic E-state index is 0.0971. The number of aliphatic hydroxyl groups excluding tert-OH is 1. The number of sulfone groups is 1. The van der Waals surface area contributed by atoms with E-state index in [1.165, 1.54) is 35.2 Å². The van der Waals surface area contributed by atoms with E-state index in [-0.39, 0.29) is 4.90 Å². The molecule has 3 aromatic rings. The van der Waals surface area contributed by atoms with Gasteiger partial charge in [-0.15, -0.1) is 0 Å². The molecule has 0 aromatic heterocycles. The molecule has 1 atom stereocenters. The van der Waals surface area contributed by atoms with Crippen LogP contribution in [-0.2, 0) is 14.6 Å². The highest BCUT2D eigenvalue weighted by Gasteiger charge is 2.47. The van der Waals surface area contributed by atoms with Crippen molar-refractivity contribution in [1.82, 2.24) is 0 Å². The van der Waals surface area contributed by atoms with Gasteiger partial charge in [-0.3, -0.25) is 9.69 Å². The Bertz CT molecular complexity index is 1350. The number of nitrogens with zero attached hydrogens (tertiary/aromatic N) is 1. The summed E-state index contributed by atoms with van der Waals surface area (Å²) in [6, 6.07) is 17.6. The molecule has 1 heterocycles. The van der Waals surface area contributed by atoms with Crippen LogP contribution in [0.2, 0.25) is 10.0 Å². The van der Waals surface area contributed by atoms with Crippen molar-refractivity contribution in [3.05, 3.63) is 99.1 Å². The molecule has 0 radical (unpaired) electrons. The molecule has 0 unspecified atom stereocenters. The first-order valence-electron chi connectivity index (χ1n) is 9.99. The highest BCUT2D eigenvalue weighted by Crippen LogP contribution is 2.45. The van der Waals surface area contributed by atoms with Gasteiger partial charge in [-0.1, -0.05) is 41.4 Å². The Morgan fingerprint density at radius 2 is 1.67 bits per heavy atom. The zero-order chi connectivity index (χ0) is 23.8. The smallest absolute Gasteiger partial charge is 0.295 e. The number of anilines is 1. The number of hydrogen-bond donors (Lipinski definition) is 1. The van der Waals surface area contributed by atoms with E-state index in [9.17, 15) is 18.3 Å². The first-order chi connectivity index (χ1) is 15.7. The summed E-state index contributed by atoms with van der Waals surface area (Å²) < 4.78 is 32.9. The van der Waals surface area contributed by atoms with Crippen molar-refractivity contribution in [1.29, 1.82) is 0 Å². The van der Waals surface area contributed by atoms with Gasteiger partial charge in [0.15, 0.2) is 5.76 Å². The van der Waals surface area contributed by atoms with Gasteiger partial charge >= 0.3 is 0 Å². The van der Waals surface area contributed by atoms with Crippen LogP contribution in [0.5, 0.6) is 5.75 Å². The van der Waals surface area contributed by atoms with Crippen molar-refractivity contribution in [2.45, 2.75) is 17.9 Å². The molecule has 0 saturated heterocycles. The van der Waals surface area contributed by atoms with Crippen LogP contribution < -0.4 is 9.64 Å². The SMILES string of the molecule is CCOc1cccc([C@@H]2C(S(=O)(=O)c3ccc(Cl)cc3)=C(O)C(=O)N2c2cccc(Cl)c2)c1. The third-order valence-corrected chi connectivity index (χ3v) is 7.52. The fraction of sp³-hybridized carbons (Fsp3) is 0.125. The van der Waals surface area contributed by atoms with Gasteiger partial charge in [-0.25, -0.2) is 8.42 Å². The Balaban J connectivity index is 1.94. The monoisotopic (exact) mass is 503 g/mol. The van der Waals surface area contributed by atoms with E-state index < -0.39 is 32.5 Å². The van der Waals surface area contributed by atoms with Gasteiger partial charge in [0.2, 0.25) is 9.84 Å². The highest BCUT2D eigenvalue weighted by molar-refractivity contribution is 7.95. The predicted octanol–water partition coefficient (Wildman–Crippen LogP) is 5.72. The molecule has 33 heavy (non-hydrogen) atoms. The summed E-state index contributed by atoms with van der Waals surface area (Å²) in [6.45, 7) is 2.23. The zero-order valence-electron chi connectivity index (χ0n) is 17.4. The van der Waals surface area contributed by atoms with Crippen LogP contribution in [0.15, 0.2) is 88.4 Å². The third kappa shape index (κ3) is 4.31. The van der Waals surface area contributed by atoms with Crippen molar-refractivity contribution in [2.75, 3.05) is 11.5 Å². The quantitative estimate of drug-likeness (QED) is 0.464. The molecule has 9 heteroatoms. The van der Waals surface area contributed by atoms with Crippen molar-refractivity contribution in [3.8, 4) is 5.75 Å². The van der Waals surface area contributed by atoms with Gasteiger partial charge in [-0.05, 0) is 67.1 Å². The summed E-state index contributed by atoms with van der Waals surface area (Å²) in [5.74, 6) is -1.20. The van der Waals surface area contributed by atoms with Crippen LogP contribution in [0.4, 0.5) is 5.69 Å². The Kier molecular flexibility index (Phi) is 6.38. The van der Waals surface area contributed by atoms with Gasteiger partial charge in [0, 0.05) is 15.7 Å². The molecule has 1 amide bonds.